The summed E-state index contributed by atoms with van der Waals surface area (Å²) in [5.41, 5.74) is 3.14. The third kappa shape index (κ3) is 6.14. The van der Waals surface area contributed by atoms with Crippen LogP contribution in [0.1, 0.15) is 27.0 Å². The van der Waals surface area contributed by atoms with Gasteiger partial charge in [0.05, 0.1) is 16.2 Å². The lowest BCUT2D eigenvalue weighted by Crippen LogP contribution is -2.13. The van der Waals surface area contributed by atoms with E-state index < -0.39 is 11.9 Å². The second-order valence-corrected chi connectivity index (χ2v) is 8.42. The zero-order valence-electron chi connectivity index (χ0n) is 18.5. The van der Waals surface area contributed by atoms with Crippen LogP contribution in [0, 0.1) is 21.8 Å². The standard InChI is InChI=1S/C26H21IN2O5/c1-16-5-3-4-6-19(16)15-34-24-22(27)12-17(13-23(24)33-2)11-20(14-28)25(30)29-21-9-7-18(8-10-21)26(31)32/h3-13H,15H2,1-2H3,(H,29,30)(H,31,32)/b20-11+. The first-order chi connectivity index (χ1) is 16.3. The number of anilines is 1. The topological polar surface area (TPSA) is 109 Å². The lowest BCUT2D eigenvalue weighted by molar-refractivity contribution is -0.112. The third-order valence-corrected chi connectivity index (χ3v) is 5.75. The van der Waals surface area contributed by atoms with Gasteiger partial charge in [-0.15, -0.1) is 0 Å². The number of rotatable bonds is 8. The van der Waals surface area contributed by atoms with Crippen LogP contribution >= 0.6 is 22.6 Å². The molecule has 2 N–H and O–H groups in total. The Balaban J connectivity index is 1.80. The van der Waals surface area contributed by atoms with Crippen molar-refractivity contribution in [1.29, 1.82) is 5.26 Å². The normalized spacial score (nSPS) is 10.8. The summed E-state index contributed by atoms with van der Waals surface area (Å²) in [5, 5.41) is 21.1. The van der Waals surface area contributed by atoms with Crippen molar-refractivity contribution in [3.05, 3.63) is 92.1 Å². The van der Waals surface area contributed by atoms with Crippen LogP contribution in [0.5, 0.6) is 11.5 Å². The van der Waals surface area contributed by atoms with Crippen molar-refractivity contribution in [2.75, 3.05) is 12.4 Å². The van der Waals surface area contributed by atoms with Crippen LogP contribution < -0.4 is 14.8 Å². The van der Waals surface area contributed by atoms with E-state index in [0.29, 0.717) is 29.4 Å². The Kier molecular flexibility index (Phi) is 8.27. The zero-order chi connectivity index (χ0) is 24.7. The predicted octanol–water partition coefficient (Wildman–Crippen LogP) is 5.43. The summed E-state index contributed by atoms with van der Waals surface area (Å²) in [7, 11) is 1.53. The number of carbonyl (C=O) groups excluding carboxylic acids is 1. The predicted molar refractivity (Wildman–Crippen MR) is 137 cm³/mol. The summed E-state index contributed by atoms with van der Waals surface area (Å²) in [6.07, 6.45) is 1.46. The van der Waals surface area contributed by atoms with Crippen molar-refractivity contribution in [3.8, 4) is 17.6 Å². The molecule has 0 radical (unpaired) electrons. The summed E-state index contributed by atoms with van der Waals surface area (Å²) in [4.78, 5) is 23.6. The minimum Gasteiger partial charge on any atom is -0.493 e. The molecule has 0 unspecified atom stereocenters. The van der Waals surface area contributed by atoms with Gasteiger partial charge in [-0.2, -0.15) is 5.26 Å². The molecule has 0 saturated heterocycles. The monoisotopic (exact) mass is 568 g/mol. The highest BCUT2D eigenvalue weighted by Crippen LogP contribution is 2.35. The fraction of sp³-hybridized carbons (Fsp3) is 0.115. The van der Waals surface area contributed by atoms with Gasteiger partial charge in [0.25, 0.3) is 5.91 Å². The first kappa shape index (κ1) is 24.8. The molecule has 1 amide bonds. The number of methoxy groups -OCH3 is 1. The van der Waals surface area contributed by atoms with E-state index in [1.165, 1.54) is 37.5 Å². The molecule has 0 fully saturated rings. The molecule has 0 aliphatic carbocycles. The Morgan fingerprint density at radius 1 is 1.15 bits per heavy atom. The molecule has 0 bridgehead atoms. The first-order valence-electron chi connectivity index (χ1n) is 10.1. The Hall–Kier alpha value is -3.84. The average molecular weight is 568 g/mol. The second kappa shape index (κ2) is 11.3. The molecule has 0 spiro atoms. The quantitative estimate of drug-likeness (QED) is 0.213. The van der Waals surface area contributed by atoms with Gasteiger partial charge in [0, 0.05) is 5.69 Å². The number of nitrogens with zero attached hydrogens (tertiary/aromatic N) is 1. The van der Waals surface area contributed by atoms with E-state index in [0.717, 1.165) is 14.7 Å². The van der Waals surface area contributed by atoms with Gasteiger partial charge in [0.1, 0.15) is 18.2 Å². The van der Waals surface area contributed by atoms with Gasteiger partial charge in [-0.25, -0.2) is 4.79 Å². The lowest BCUT2D eigenvalue weighted by atomic mass is 10.1. The number of carboxylic acids is 1. The van der Waals surface area contributed by atoms with E-state index in [1.807, 2.05) is 37.3 Å². The molecule has 0 aromatic heterocycles. The van der Waals surface area contributed by atoms with Crippen molar-refractivity contribution in [2.45, 2.75) is 13.5 Å². The summed E-state index contributed by atoms with van der Waals surface area (Å²) in [6.45, 7) is 2.39. The molecule has 3 aromatic rings. The molecule has 3 rings (SSSR count). The molecular weight excluding hydrogens is 547 g/mol. The third-order valence-electron chi connectivity index (χ3n) is 4.95. The van der Waals surface area contributed by atoms with Crippen LogP contribution in [0.3, 0.4) is 0 Å². The number of hydrogen-bond donors (Lipinski definition) is 2. The number of carboxylic acid groups (broad SMARTS) is 1. The largest absolute Gasteiger partial charge is 0.493 e. The fourth-order valence-corrected chi connectivity index (χ4v) is 3.88. The van der Waals surface area contributed by atoms with Crippen LogP contribution in [-0.2, 0) is 11.4 Å². The van der Waals surface area contributed by atoms with Gasteiger partial charge < -0.3 is 19.9 Å². The summed E-state index contributed by atoms with van der Waals surface area (Å²) < 4.78 is 12.3. The molecule has 3 aromatic carbocycles. The number of carbonyl (C=O) groups is 2. The molecule has 0 atom stereocenters. The molecule has 8 heteroatoms. The Morgan fingerprint density at radius 2 is 1.85 bits per heavy atom. The van der Waals surface area contributed by atoms with Gasteiger partial charge in [-0.05, 0) is 88.7 Å². The van der Waals surface area contributed by atoms with E-state index in [1.54, 1.807) is 12.1 Å². The number of aryl methyl sites for hydroxylation is 1. The number of ether oxygens (including phenoxy) is 2. The summed E-state index contributed by atoms with van der Waals surface area (Å²) in [5.74, 6) is -0.622. The number of amides is 1. The Bertz CT molecular complexity index is 1290. The maximum Gasteiger partial charge on any atom is 0.335 e. The highest BCUT2D eigenvalue weighted by molar-refractivity contribution is 14.1. The smallest absolute Gasteiger partial charge is 0.335 e. The molecule has 0 saturated carbocycles. The van der Waals surface area contributed by atoms with Crippen molar-refractivity contribution in [2.24, 2.45) is 0 Å². The molecule has 172 valence electrons. The highest BCUT2D eigenvalue weighted by Gasteiger charge is 2.15. The number of nitriles is 1. The number of aromatic carboxylic acids is 1. The minimum absolute atomic E-state index is 0.0976. The summed E-state index contributed by atoms with van der Waals surface area (Å²) in [6, 6.07) is 19.0. The van der Waals surface area contributed by atoms with Crippen molar-refractivity contribution in [1.82, 2.24) is 0 Å². The van der Waals surface area contributed by atoms with Crippen LogP contribution in [0.2, 0.25) is 0 Å². The van der Waals surface area contributed by atoms with E-state index >= 15 is 0 Å². The van der Waals surface area contributed by atoms with E-state index in [-0.39, 0.29) is 11.1 Å². The molecular formula is C26H21IN2O5. The molecule has 0 aliphatic rings. The van der Waals surface area contributed by atoms with Crippen LogP contribution in [-0.4, -0.2) is 24.1 Å². The number of nitrogens with one attached hydrogen (secondary N) is 1. The molecule has 0 aliphatic heterocycles. The van der Waals surface area contributed by atoms with Gasteiger partial charge in [-0.3, -0.25) is 4.79 Å². The van der Waals surface area contributed by atoms with E-state index in [4.69, 9.17) is 14.6 Å². The van der Waals surface area contributed by atoms with Gasteiger partial charge >= 0.3 is 5.97 Å². The van der Waals surface area contributed by atoms with Gasteiger partial charge in [0.2, 0.25) is 0 Å². The van der Waals surface area contributed by atoms with Gasteiger partial charge in [0.15, 0.2) is 11.5 Å². The SMILES string of the molecule is COc1cc(/C=C(\C#N)C(=O)Nc2ccc(C(=O)O)cc2)cc(I)c1OCc1ccccc1C. The first-order valence-corrected chi connectivity index (χ1v) is 11.2. The second-order valence-electron chi connectivity index (χ2n) is 7.26. The van der Waals surface area contributed by atoms with E-state index in [9.17, 15) is 14.9 Å². The maximum absolute atomic E-state index is 12.6. The number of benzene rings is 3. The summed E-state index contributed by atoms with van der Waals surface area (Å²) >= 11 is 2.12. The number of hydrogen-bond acceptors (Lipinski definition) is 5. The van der Waals surface area contributed by atoms with Crippen LogP contribution in [0.4, 0.5) is 5.69 Å². The fourth-order valence-electron chi connectivity index (χ4n) is 3.09. The minimum atomic E-state index is -1.06. The van der Waals surface area contributed by atoms with Crippen molar-refractivity contribution >= 4 is 46.2 Å². The molecule has 0 heterocycles. The van der Waals surface area contributed by atoms with Crippen molar-refractivity contribution in [3.63, 3.8) is 0 Å². The van der Waals surface area contributed by atoms with Crippen LogP contribution in [0.25, 0.3) is 6.08 Å². The maximum atomic E-state index is 12.6. The van der Waals surface area contributed by atoms with Crippen molar-refractivity contribution < 1.29 is 24.2 Å². The Morgan fingerprint density at radius 3 is 2.47 bits per heavy atom. The van der Waals surface area contributed by atoms with E-state index in [2.05, 4.69) is 27.9 Å². The van der Waals surface area contributed by atoms with Gasteiger partial charge in [-0.1, -0.05) is 24.3 Å². The number of halogens is 1. The van der Waals surface area contributed by atoms with Crippen LogP contribution in [0.15, 0.2) is 66.2 Å². The Labute approximate surface area is 210 Å². The average Bonchev–Trinajstić information content (AvgIpc) is 2.82. The highest BCUT2D eigenvalue weighted by atomic mass is 127. The molecule has 7 nitrogen and oxygen atoms in total. The zero-order valence-corrected chi connectivity index (χ0v) is 20.6. The lowest BCUT2D eigenvalue weighted by Gasteiger charge is -2.15. The molecule has 34 heavy (non-hydrogen) atoms.